The van der Waals surface area contributed by atoms with Crippen LogP contribution in [0, 0.1) is 0 Å². The fourth-order valence-corrected chi connectivity index (χ4v) is 1.90. The molecule has 1 unspecified atom stereocenters. The highest BCUT2D eigenvalue weighted by Gasteiger charge is 2.16. The van der Waals surface area contributed by atoms with Crippen molar-refractivity contribution in [2.24, 2.45) is 4.99 Å². The zero-order valence-corrected chi connectivity index (χ0v) is 13.6. The Morgan fingerprint density at radius 1 is 1.53 bits per heavy atom. The minimum atomic E-state index is 0. The van der Waals surface area contributed by atoms with E-state index in [0.717, 1.165) is 25.7 Å². The highest BCUT2D eigenvalue weighted by atomic mass is 127. The van der Waals surface area contributed by atoms with Crippen molar-refractivity contribution in [3.05, 3.63) is 0 Å². The van der Waals surface area contributed by atoms with Crippen LogP contribution in [0.3, 0.4) is 0 Å². The third-order valence-corrected chi connectivity index (χ3v) is 2.93. The molecule has 1 aliphatic rings. The minimum Gasteiger partial charge on any atom is -0.376 e. The Morgan fingerprint density at radius 3 is 2.82 bits per heavy atom. The number of nitrogens with zero attached hydrogens (tertiary/aromatic N) is 2. The van der Waals surface area contributed by atoms with Gasteiger partial charge in [0.1, 0.15) is 0 Å². The van der Waals surface area contributed by atoms with Crippen LogP contribution < -0.4 is 5.32 Å². The van der Waals surface area contributed by atoms with Crippen LogP contribution in [-0.4, -0.2) is 50.8 Å². The molecule has 4 nitrogen and oxygen atoms in total. The molecule has 1 aliphatic heterocycles. The van der Waals surface area contributed by atoms with Crippen molar-refractivity contribution < 1.29 is 4.74 Å². The van der Waals surface area contributed by atoms with Crippen molar-refractivity contribution >= 4 is 29.9 Å². The molecule has 0 aromatic heterocycles. The standard InChI is InChI=1S/C12H25N3O.HI/c1-4-5-8-15(3)12(13-2)14-10-11-7-6-9-16-11;/h11H,4-10H2,1-3H3,(H,13,14);1H. The average Bonchev–Trinajstić information content (AvgIpc) is 2.80. The molecule has 0 spiro atoms. The average molecular weight is 355 g/mol. The fraction of sp³-hybridized carbons (Fsp3) is 0.917. The Bertz CT molecular complexity index is 218. The van der Waals surface area contributed by atoms with Crippen molar-refractivity contribution in [3.8, 4) is 0 Å². The van der Waals surface area contributed by atoms with E-state index >= 15 is 0 Å². The van der Waals surface area contributed by atoms with E-state index in [4.69, 9.17) is 4.74 Å². The first-order valence-electron chi connectivity index (χ1n) is 6.31. The molecule has 102 valence electrons. The molecule has 17 heavy (non-hydrogen) atoms. The maximum atomic E-state index is 5.57. The van der Waals surface area contributed by atoms with Gasteiger partial charge in [0.2, 0.25) is 0 Å². The van der Waals surface area contributed by atoms with Gasteiger partial charge in [0.25, 0.3) is 0 Å². The van der Waals surface area contributed by atoms with Crippen molar-refractivity contribution in [3.63, 3.8) is 0 Å². The number of unbranched alkanes of at least 4 members (excludes halogenated alkanes) is 1. The highest BCUT2D eigenvalue weighted by Crippen LogP contribution is 2.10. The zero-order chi connectivity index (χ0) is 11.8. The van der Waals surface area contributed by atoms with Gasteiger partial charge in [0, 0.05) is 33.8 Å². The van der Waals surface area contributed by atoms with Crippen molar-refractivity contribution in [1.29, 1.82) is 0 Å². The lowest BCUT2D eigenvalue weighted by molar-refractivity contribution is 0.113. The summed E-state index contributed by atoms with van der Waals surface area (Å²) in [5.74, 6) is 0.976. The van der Waals surface area contributed by atoms with Gasteiger partial charge in [-0.2, -0.15) is 0 Å². The molecule has 1 fully saturated rings. The first-order chi connectivity index (χ1) is 7.77. The molecular weight excluding hydrogens is 329 g/mol. The first-order valence-corrected chi connectivity index (χ1v) is 6.31. The quantitative estimate of drug-likeness (QED) is 0.466. The van der Waals surface area contributed by atoms with Crippen molar-refractivity contribution in [1.82, 2.24) is 10.2 Å². The largest absolute Gasteiger partial charge is 0.376 e. The predicted octanol–water partition coefficient (Wildman–Crippen LogP) is 2.09. The second kappa shape index (κ2) is 9.94. The van der Waals surface area contributed by atoms with Crippen molar-refractivity contribution in [2.75, 3.05) is 33.8 Å². The molecule has 0 aromatic carbocycles. The van der Waals surface area contributed by atoms with E-state index in [9.17, 15) is 0 Å². The minimum absolute atomic E-state index is 0. The summed E-state index contributed by atoms with van der Waals surface area (Å²) in [7, 11) is 3.92. The lowest BCUT2D eigenvalue weighted by Gasteiger charge is -2.23. The summed E-state index contributed by atoms with van der Waals surface area (Å²) >= 11 is 0. The molecule has 0 bridgehead atoms. The maximum absolute atomic E-state index is 5.57. The Labute approximate surface area is 122 Å². The van der Waals surface area contributed by atoms with Gasteiger partial charge in [-0.25, -0.2) is 0 Å². The summed E-state index contributed by atoms with van der Waals surface area (Å²) in [4.78, 5) is 6.46. The van der Waals surface area contributed by atoms with Crippen LogP contribution in [0.4, 0.5) is 0 Å². The predicted molar refractivity (Wildman–Crippen MR) is 83.3 cm³/mol. The molecule has 1 N–H and O–H groups in total. The highest BCUT2D eigenvalue weighted by molar-refractivity contribution is 14.0. The summed E-state index contributed by atoms with van der Waals surface area (Å²) in [6.45, 7) is 5.05. The Kier molecular flexibility index (Phi) is 9.91. The second-order valence-electron chi connectivity index (χ2n) is 4.34. The molecule has 0 saturated carbocycles. The van der Waals surface area contributed by atoms with Crippen molar-refractivity contribution in [2.45, 2.75) is 38.7 Å². The normalized spacial score (nSPS) is 19.9. The van der Waals surface area contributed by atoms with E-state index in [1.54, 1.807) is 0 Å². The molecule has 5 heteroatoms. The molecule has 0 aromatic rings. The smallest absolute Gasteiger partial charge is 0.193 e. The van der Waals surface area contributed by atoms with E-state index in [1.165, 1.54) is 25.7 Å². The van der Waals surface area contributed by atoms with Crippen LogP contribution >= 0.6 is 24.0 Å². The van der Waals surface area contributed by atoms with E-state index < -0.39 is 0 Å². The number of hydrogen-bond donors (Lipinski definition) is 1. The number of rotatable bonds is 5. The number of aliphatic imine (C=N–C) groups is 1. The zero-order valence-electron chi connectivity index (χ0n) is 11.2. The molecule has 0 aliphatic carbocycles. The van der Waals surface area contributed by atoms with Crippen LogP contribution in [0.2, 0.25) is 0 Å². The van der Waals surface area contributed by atoms with E-state index in [1.807, 2.05) is 7.05 Å². The number of nitrogens with one attached hydrogen (secondary N) is 1. The third-order valence-electron chi connectivity index (χ3n) is 2.93. The van der Waals surface area contributed by atoms with Gasteiger partial charge in [0.05, 0.1) is 6.10 Å². The second-order valence-corrected chi connectivity index (χ2v) is 4.34. The summed E-state index contributed by atoms with van der Waals surface area (Å²) in [5.41, 5.74) is 0. The number of hydrogen-bond acceptors (Lipinski definition) is 2. The monoisotopic (exact) mass is 355 g/mol. The van der Waals surface area contributed by atoms with E-state index in [-0.39, 0.29) is 24.0 Å². The molecule has 0 amide bonds. The van der Waals surface area contributed by atoms with Crippen LogP contribution in [0.25, 0.3) is 0 Å². The summed E-state index contributed by atoms with van der Waals surface area (Å²) in [5, 5.41) is 3.37. The molecule has 1 rings (SSSR count). The lowest BCUT2D eigenvalue weighted by Crippen LogP contribution is -2.42. The van der Waals surface area contributed by atoms with Crippen LogP contribution in [0.5, 0.6) is 0 Å². The van der Waals surface area contributed by atoms with Gasteiger partial charge < -0.3 is 15.0 Å². The molecule has 1 atom stereocenters. The summed E-state index contributed by atoms with van der Waals surface area (Å²) in [6, 6.07) is 0. The van der Waals surface area contributed by atoms with Gasteiger partial charge in [-0.3, -0.25) is 4.99 Å². The Balaban J connectivity index is 0.00000256. The summed E-state index contributed by atoms with van der Waals surface area (Å²) in [6.07, 6.45) is 5.15. The topological polar surface area (TPSA) is 36.9 Å². The maximum Gasteiger partial charge on any atom is 0.193 e. The SMILES string of the molecule is CCCCN(C)C(=NC)NCC1CCCO1.I. The van der Waals surface area contributed by atoms with Crippen LogP contribution in [-0.2, 0) is 4.74 Å². The van der Waals surface area contributed by atoms with Gasteiger partial charge in [-0.05, 0) is 19.3 Å². The fourth-order valence-electron chi connectivity index (χ4n) is 1.90. The lowest BCUT2D eigenvalue weighted by atomic mass is 10.2. The molecule has 1 saturated heterocycles. The van der Waals surface area contributed by atoms with Gasteiger partial charge in [-0.15, -0.1) is 24.0 Å². The van der Waals surface area contributed by atoms with Crippen LogP contribution in [0.15, 0.2) is 4.99 Å². The first kappa shape index (κ1) is 17.0. The number of halogens is 1. The van der Waals surface area contributed by atoms with Gasteiger partial charge in [-0.1, -0.05) is 13.3 Å². The van der Waals surface area contributed by atoms with E-state index in [0.29, 0.717) is 6.10 Å². The molecule has 0 radical (unpaired) electrons. The van der Waals surface area contributed by atoms with Crippen LogP contribution in [0.1, 0.15) is 32.6 Å². The number of ether oxygens (including phenoxy) is 1. The third kappa shape index (κ3) is 6.45. The Hall–Kier alpha value is -0.0400. The molecule has 1 heterocycles. The summed E-state index contributed by atoms with van der Waals surface area (Å²) < 4.78 is 5.57. The number of guanidine groups is 1. The van der Waals surface area contributed by atoms with Gasteiger partial charge >= 0.3 is 0 Å². The molecular formula is C12H26IN3O. The Morgan fingerprint density at radius 2 is 2.29 bits per heavy atom. The van der Waals surface area contributed by atoms with Gasteiger partial charge in [0.15, 0.2) is 5.96 Å². The van der Waals surface area contributed by atoms with E-state index in [2.05, 4.69) is 29.2 Å².